The van der Waals surface area contributed by atoms with Crippen LogP contribution in [-0.4, -0.2) is 82.2 Å². The third-order valence-corrected chi connectivity index (χ3v) is 10.3. The van der Waals surface area contributed by atoms with Crippen molar-refractivity contribution in [1.82, 2.24) is 14.7 Å². The largest absolute Gasteiger partial charge is 0.480 e. The van der Waals surface area contributed by atoms with Gasteiger partial charge in [0, 0.05) is 49.3 Å². The van der Waals surface area contributed by atoms with E-state index in [0.29, 0.717) is 35.5 Å². The molecule has 43 heavy (non-hydrogen) atoms. The van der Waals surface area contributed by atoms with Crippen LogP contribution in [0.25, 0.3) is 0 Å². The predicted octanol–water partition coefficient (Wildman–Crippen LogP) is 7.04. The van der Waals surface area contributed by atoms with E-state index < -0.39 is 12.0 Å². The molecule has 3 aliphatic rings. The molecule has 1 amide bonds. The van der Waals surface area contributed by atoms with Gasteiger partial charge in [0.25, 0.3) is 0 Å². The average Bonchev–Trinajstić information content (AvgIpc) is 3.40. The van der Waals surface area contributed by atoms with Crippen LogP contribution in [0.3, 0.4) is 0 Å². The van der Waals surface area contributed by atoms with Crippen molar-refractivity contribution in [2.45, 2.75) is 102 Å². The standard InChI is InChI=1S/C35H48ClN3O4/c1-3-18-38(35(42)43-24-26-12-14-29(36)15-13-26)30-16-19-37(20-17-30)23-28-21-32(22-33(28)27-8-5-4-6-9-27)39(25(2)34(40)41)31-10-7-11-31/h4-6,8-9,12-15,25,28,30-33H,3,7,10-11,16-24H2,1-2H3,(H,40,41)/t25-,28+,32?,33+/m0/s1. The maximum absolute atomic E-state index is 13.1. The van der Waals surface area contributed by atoms with Crippen LogP contribution in [0.15, 0.2) is 54.6 Å². The maximum atomic E-state index is 13.1. The van der Waals surface area contributed by atoms with Crippen molar-refractivity contribution in [1.29, 1.82) is 0 Å². The number of halogens is 1. The molecule has 8 heteroatoms. The molecule has 0 bridgehead atoms. The van der Waals surface area contributed by atoms with Crippen molar-refractivity contribution < 1.29 is 19.4 Å². The number of nitrogens with zero attached hydrogens (tertiary/aromatic N) is 3. The number of piperidine rings is 1. The second-order valence-electron chi connectivity index (χ2n) is 12.9. The first-order valence-corrected chi connectivity index (χ1v) is 16.7. The minimum atomic E-state index is -0.711. The van der Waals surface area contributed by atoms with Crippen molar-refractivity contribution in [3.05, 3.63) is 70.7 Å². The Morgan fingerprint density at radius 1 is 0.977 bits per heavy atom. The topological polar surface area (TPSA) is 73.3 Å². The molecule has 2 aromatic carbocycles. The zero-order chi connectivity index (χ0) is 30.3. The smallest absolute Gasteiger partial charge is 0.410 e. The van der Waals surface area contributed by atoms with Crippen LogP contribution in [-0.2, 0) is 16.1 Å². The first kappa shape index (κ1) is 31.8. The van der Waals surface area contributed by atoms with Gasteiger partial charge in [-0.25, -0.2) is 4.79 Å². The fourth-order valence-corrected chi connectivity index (χ4v) is 7.74. The van der Waals surface area contributed by atoms with E-state index >= 15 is 0 Å². The molecule has 0 aromatic heterocycles. The first-order valence-electron chi connectivity index (χ1n) is 16.3. The fraction of sp³-hybridized carbons (Fsp3) is 0.600. The summed E-state index contributed by atoms with van der Waals surface area (Å²) in [7, 11) is 0. The summed E-state index contributed by atoms with van der Waals surface area (Å²) < 4.78 is 5.72. The summed E-state index contributed by atoms with van der Waals surface area (Å²) in [5.41, 5.74) is 2.31. The Balaban J connectivity index is 1.21. The van der Waals surface area contributed by atoms with E-state index in [1.165, 1.54) is 12.0 Å². The van der Waals surface area contributed by atoms with Gasteiger partial charge in [-0.2, -0.15) is 0 Å². The van der Waals surface area contributed by atoms with Gasteiger partial charge in [0.2, 0.25) is 0 Å². The number of likely N-dealkylation sites (tertiary alicyclic amines) is 1. The molecule has 4 atom stereocenters. The number of carboxylic acids is 1. The third kappa shape index (κ3) is 7.92. The summed E-state index contributed by atoms with van der Waals surface area (Å²) in [5, 5.41) is 10.6. The molecular formula is C35H48ClN3O4. The SMILES string of the molecule is CCCN(C(=O)OCc1ccc(Cl)cc1)C1CCN(C[C@H]2CC(N(C3CCC3)[C@@H](C)C(=O)O)C[C@@H]2c2ccccc2)CC1. The molecule has 2 saturated carbocycles. The molecule has 1 saturated heterocycles. The zero-order valence-electron chi connectivity index (χ0n) is 25.7. The van der Waals surface area contributed by atoms with Crippen molar-refractivity contribution in [2.24, 2.45) is 5.92 Å². The average molecular weight is 610 g/mol. The van der Waals surface area contributed by atoms with E-state index in [1.54, 1.807) is 0 Å². The van der Waals surface area contributed by atoms with Crippen LogP contribution < -0.4 is 0 Å². The molecule has 234 valence electrons. The molecule has 7 nitrogen and oxygen atoms in total. The van der Waals surface area contributed by atoms with Gasteiger partial charge < -0.3 is 19.6 Å². The minimum absolute atomic E-state index is 0.181. The van der Waals surface area contributed by atoms with E-state index in [0.717, 1.165) is 70.1 Å². The molecule has 0 spiro atoms. The van der Waals surface area contributed by atoms with Gasteiger partial charge in [0.05, 0.1) is 0 Å². The molecule has 2 aliphatic carbocycles. The zero-order valence-corrected chi connectivity index (χ0v) is 26.5. The summed E-state index contributed by atoms with van der Waals surface area (Å²) in [6, 6.07) is 18.7. The van der Waals surface area contributed by atoms with Gasteiger partial charge in [-0.05, 0) is 87.0 Å². The van der Waals surface area contributed by atoms with Gasteiger partial charge in [-0.1, -0.05) is 67.4 Å². The number of carboxylic acid groups (broad SMARTS) is 1. The number of carbonyl (C=O) groups excluding carboxylic acids is 1. The minimum Gasteiger partial charge on any atom is -0.480 e. The Labute approximate surface area is 262 Å². The van der Waals surface area contributed by atoms with Crippen molar-refractivity contribution in [3.63, 3.8) is 0 Å². The molecule has 0 radical (unpaired) electrons. The number of amides is 1. The second-order valence-corrected chi connectivity index (χ2v) is 13.3. The summed E-state index contributed by atoms with van der Waals surface area (Å²) in [4.78, 5) is 32.1. The van der Waals surface area contributed by atoms with Crippen molar-refractivity contribution in [2.75, 3.05) is 26.2 Å². The monoisotopic (exact) mass is 609 g/mol. The fourth-order valence-electron chi connectivity index (χ4n) is 7.61. The molecule has 1 aliphatic heterocycles. The van der Waals surface area contributed by atoms with Crippen molar-refractivity contribution in [3.8, 4) is 0 Å². The van der Waals surface area contributed by atoms with Gasteiger partial charge in [-0.3, -0.25) is 9.69 Å². The third-order valence-electron chi connectivity index (χ3n) is 10.1. The Bertz CT molecular complexity index is 1180. The lowest BCUT2D eigenvalue weighted by molar-refractivity contribution is -0.145. The number of benzene rings is 2. The number of carbonyl (C=O) groups is 2. The van der Waals surface area contributed by atoms with E-state index in [1.807, 2.05) is 36.1 Å². The van der Waals surface area contributed by atoms with Crippen LogP contribution in [0.4, 0.5) is 4.79 Å². The van der Waals surface area contributed by atoms with E-state index in [-0.39, 0.29) is 18.7 Å². The second kappa shape index (κ2) is 14.9. The lowest BCUT2D eigenvalue weighted by atomic mass is 9.87. The summed E-state index contributed by atoms with van der Waals surface area (Å²) in [5.74, 6) is 0.188. The molecule has 1 unspecified atom stereocenters. The molecule has 3 fully saturated rings. The van der Waals surface area contributed by atoms with E-state index in [4.69, 9.17) is 16.3 Å². The molecule has 1 heterocycles. The molecule has 5 rings (SSSR count). The Morgan fingerprint density at radius 2 is 1.67 bits per heavy atom. The highest BCUT2D eigenvalue weighted by Crippen LogP contribution is 2.45. The molecule has 1 N–H and O–H groups in total. The highest BCUT2D eigenvalue weighted by Gasteiger charge is 2.44. The van der Waals surface area contributed by atoms with Gasteiger partial charge in [0.1, 0.15) is 12.6 Å². The van der Waals surface area contributed by atoms with Crippen LogP contribution in [0.5, 0.6) is 0 Å². The van der Waals surface area contributed by atoms with Crippen LogP contribution in [0.1, 0.15) is 82.3 Å². The van der Waals surface area contributed by atoms with E-state index in [2.05, 4.69) is 47.1 Å². The van der Waals surface area contributed by atoms with Gasteiger partial charge in [0.15, 0.2) is 0 Å². The van der Waals surface area contributed by atoms with E-state index in [9.17, 15) is 14.7 Å². The summed E-state index contributed by atoms with van der Waals surface area (Å²) in [6.07, 6.45) is 8.00. The normalized spacial score (nSPS) is 24.0. The van der Waals surface area contributed by atoms with Gasteiger partial charge >= 0.3 is 12.1 Å². The number of hydrogen-bond acceptors (Lipinski definition) is 5. The van der Waals surface area contributed by atoms with Crippen LogP contribution in [0, 0.1) is 5.92 Å². The van der Waals surface area contributed by atoms with Crippen LogP contribution in [0.2, 0.25) is 5.02 Å². The number of aliphatic carboxylic acids is 1. The van der Waals surface area contributed by atoms with Gasteiger partial charge in [-0.15, -0.1) is 0 Å². The molecular weight excluding hydrogens is 562 g/mol. The number of rotatable bonds is 12. The number of ether oxygens (including phenoxy) is 1. The van der Waals surface area contributed by atoms with Crippen molar-refractivity contribution >= 4 is 23.7 Å². The molecule has 2 aromatic rings. The maximum Gasteiger partial charge on any atom is 0.410 e. The Kier molecular flexibility index (Phi) is 11.0. The highest BCUT2D eigenvalue weighted by atomic mass is 35.5. The quantitative estimate of drug-likeness (QED) is 0.278. The van der Waals surface area contributed by atoms with Crippen LogP contribution >= 0.6 is 11.6 Å². The Morgan fingerprint density at radius 3 is 2.28 bits per heavy atom. The summed E-state index contributed by atoms with van der Waals surface area (Å²) >= 11 is 5.99. The predicted molar refractivity (Wildman–Crippen MR) is 170 cm³/mol. The lowest BCUT2D eigenvalue weighted by Crippen LogP contribution is -2.53. The Hall–Kier alpha value is -2.61. The lowest BCUT2D eigenvalue weighted by Gasteiger charge is -2.44. The highest BCUT2D eigenvalue weighted by molar-refractivity contribution is 6.30. The first-order chi connectivity index (χ1) is 20.8. The summed E-state index contributed by atoms with van der Waals surface area (Å²) in [6.45, 7) is 7.84. The number of hydrogen-bond donors (Lipinski definition) is 1.